The van der Waals surface area contributed by atoms with Crippen LogP contribution >= 0.6 is 0 Å². The van der Waals surface area contributed by atoms with Crippen molar-refractivity contribution in [3.8, 4) is 5.75 Å². The summed E-state index contributed by atoms with van der Waals surface area (Å²) in [7, 11) is -0.385. The Morgan fingerprint density at radius 2 is 1.61 bits per heavy atom. The summed E-state index contributed by atoms with van der Waals surface area (Å²) in [4.78, 5) is 0. The summed E-state index contributed by atoms with van der Waals surface area (Å²) in [6.45, 7) is 15.0. The molecule has 0 N–H and O–H groups in total. The highest BCUT2D eigenvalue weighted by atomic mass is 16.7. The minimum atomic E-state index is -0.385. The predicted octanol–water partition coefficient (Wildman–Crippen LogP) is 3.82. The van der Waals surface area contributed by atoms with Crippen LogP contribution in [0.2, 0.25) is 0 Å². The van der Waals surface area contributed by atoms with Gasteiger partial charge in [0, 0.05) is 5.46 Å². The van der Waals surface area contributed by atoms with E-state index in [0.29, 0.717) is 6.10 Å². The molecule has 1 aromatic rings. The van der Waals surface area contributed by atoms with Crippen molar-refractivity contribution in [1.29, 1.82) is 0 Å². The Balaban J connectivity index is 2.05. The fraction of sp³-hybridized carbons (Fsp3) is 0.684. The van der Waals surface area contributed by atoms with Crippen molar-refractivity contribution in [3.63, 3.8) is 0 Å². The highest BCUT2D eigenvalue weighted by Gasteiger charge is 2.53. The lowest BCUT2D eigenvalue weighted by Gasteiger charge is -2.32. The van der Waals surface area contributed by atoms with E-state index in [4.69, 9.17) is 14.0 Å². The lowest BCUT2D eigenvalue weighted by Crippen LogP contribution is -2.41. The SMILES string of the molecule is CC(C)(C)c1cccc(OC2CC2)c1B1OC(C)(C)C(C)(C)O1. The van der Waals surface area contributed by atoms with E-state index in [-0.39, 0.29) is 23.7 Å². The van der Waals surface area contributed by atoms with Crippen molar-refractivity contribution in [3.05, 3.63) is 23.8 Å². The van der Waals surface area contributed by atoms with Crippen LogP contribution in [0, 0.1) is 0 Å². The molecule has 3 rings (SSSR count). The molecule has 126 valence electrons. The van der Waals surface area contributed by atoms with E-state index in [2.05, 4.69) is 60.6 Å². The van der Waals surface area contributed by atoms with Crippen molar-refractivity contribution < 1.29 is 14.0 Å². The molecule has 1 heterocycles. The predicted molar refractivity (Wildman–Crippen MR) is 94.5 cm³/mol. The van der Waals surface area contributed by atoms with Crippen molar-refractivity contribution in [1.82, 2.24) is 0 Å². The molecule has 2 aliphatic rings. The molecule has 1 aromatic carbocycles. The molecule has 1 aliphatic heterocycles. The molecule has 1 saturated heterocycles. The van der Waals surface area contributed by atoms with Gasteiger partial charge in [-0.05, 0) is 57.6 Å². The van der Waals surface area contributed by atoms with Gasteiger partial charge < -0.3 is 14.0 Å². The third kappa shape index (κ3) is 3.16. The molecule has 1 aliphatic carbocycles. The van der Waals surface area contributed by atoms with Crippen LogP contribution in [0.3, 0.4) is 0 Å². The largest absolute Gasteiger partial charge is 0.498 e. The Kier molecular flexibility index (Phi) is 3.85. The fourth-order valence-electron chi connectivity index (χ4n) is 2.87. The maximum absolute atomic E-state index is 6.33. The fourth-order valence-corrected chi connectivity index (χ4v) is 2.87. The molecule has 3 nitrogen and oxygen atoms in total. The zero-order valence-corrected chi connectivity index (χ0v) is 15.5. The molecule has 0 aromatic heterocycles. The lowest BCUT2D eigenvalue weighted by atomic mass is 9.69. The number of hydrogen-bond acceptors (Lipinski definition) is 3. The van der Waals surface area contributed by atoms with Gasteiger partial charge in [-0.1, -0.05) is 32.9 Å². The second kappa shape index (κ2) is 5.25. The Hall–Kier alpha value is -0.995. The molecule has 0 atom stereocenters. The van der Waals surface area contributed by atoms with Crippen LogP contribution in [0.4, 0.5) is 0 Å². The maximum Gasteiger partial charge on any atom is 0.498 e. The number of ether oxygens (including phenoxy) is 1. The molecule has 4 heteroatoms. The molecule has 0 radical (unpaired) electrons. The number of rotatable bonds is 3. The molecule has 1 saturated carbocycles. The van der Waals surface area contributed by atoms with Crippen LogP contribution in [-0.4, -0.2) is 24.4 Å². The minimum Gasteiger partial charge on any atom is -0.491 e. The average molecular weight is 316 g/mol. The molecule has 0 bridgehead atoms. The second-order valence-corrected chi connectivity index (χ2v) is 8.87. The zero-order chi connectivity index (χ0) is 17.0. The average Bonchev–Trinajstić information content (AvgIpc) is 3.16. The van der Waals surface area contributed by atoms with Crippen LogP contribution in [-0.2, 0) is 14.7 Å². The smallest absolute Gasteiger partial charge is 0.491 e. The van der Waals surface area contributed by atoms with Gasteiger partial charge in [0.25, 0.3) is 0 Å². The van der Waals surface area contributed by atoms with Gasteiger partial charge in [-0.3, -0.25) is 0 Å². The first-order valence-corrected chi connectivity index (χ1v) is 8.67. The van der Waals surface area contributed by atoms with Gasteiger partial charge in [0.05, 0.1) is 17.3 Å². The summed E-state index contributed by atoms with van der Waals surface area (Å²) < 4.78 is 18.8. The van der Waals surface area contributed by atoms with Gasteiger partial charge in [0.15, 0.2) is 0 Å². The van der Waals surface area contributed by atoms with Gasteiger partial charge in [0.1, 0.15) is 5.75 Å². The Morgan fingerprint density at radius 3 is 2.09 bits per heavy atom. The summed E-state index contributed by atoms with van der Waals surface area (Å²) >= 11 is 0. The van der Waals surface area contributed by atoms with Crippen LogP contribution in [0.5, 0.6) is 5.75 Å². The first-order chi connectivity index (χ1) is 10.5. The highest BCUT2D eigenvalue weighted by molar-refractivity contribution is 6.63. The van der Waals surface area contributed by atoms with Gasteiger partial charge >= 0.3 is 7.12 Å². The molecule has 0 unspecified atom stereocenters. The second-order valence-electron chi connectivity index (χ2n) is 8.87. The van der Waals surface area contributed by atoms with E-state index >= 15 is 0 Å². The molecular formula is C19H29BO3. The van der Waals surface area contributed by atoms with Crippen LogP contribution < -0.4 is 10.2 Å². The monoisotopic (exact) mass is 316 g/mol. The molecule has 23 heavy (non-hydrogen) atoms. The van der Waals surface area contributed by atoms with Gasteiger partial charge in [-0.25, -0.2) is 0 Å². The van der Waals surface area contributed by atoms with Crippen molar-refractivity contribution in [2.24, 2.45) is 0 Å². The van der Waals surface area contributed by atoms with Crippen LogP contribution in [0.1, 0.15) is 66.9 Å². The standard InChI is InChI=1S/C19H29BO3/c1-17(2,3)14-9-8-10-15(21-13-11-12-13)16(14)20-22-18(4,5)19(6,7)23-20/h8-10,13H,11-12H2,1-7H3. The van der Waals surface area contributed by atoms with E-state index in [1.54, 1.807) is 0 Å². The number of hydrogen-bond donors (Lipinski definition) is 0. The third-order valence-electron chi connectivity index (χ3n) is 5.18. The first-order valence-electron chi connectivity index (χ1n) is 8.67. The van der Waals surface area contributed by atoms with Gasteiger partial charge in [-0.2, -0.15) is 0 Å². The lowest BCUT2D eigenvalue weighted by molar-refractivity contribution is 0.00578. The highest BCUT2D eigenvalue weighted by Crippen LogP contribution is 2.39. The normalized spacial score (nSPS) is 23.2. The van der Waals surface area contributed by atoms with E-state index in [1.807, 2.05) is 6.07 Å². The van der Waals surface area contributed by atoms with E-state index < -0.39 is 0 Å². The Morgan fingerprint density at radius 1 is 1.04 bits per heavy atom. The van der Waals surface area contributed by atoms with Gasteiger partial charge in [-0.15, -0.1) is 0 Å². The first kappa shape index (κ1) is 16.8. The quantitative estimate of drug-likeness (QED) is 0.793. The Labute approximate surface area is 140 Å². The van der Waals surface area contributed by atoms with E-state index in [9.17, 15) is 0 Å². The summed E-state index contributed by atoms with van der Waals surface area (Å²) in [6.07, 6.45) is 2.64. The zero-order valence-electron chi connectivity index (χ0n) is 15.5. The molecule has 0 amide bonds. The topological polar surface area (TPSA) is 27.7 Å². The Bertz CT molecular complexity index is 581. The summed E-state index contributed by atoms with van der Waals surface area (Å²) in [6, 6.07) is 6.29. The van der Waals surface area contributed by atoms with Crippen molar-refractivity contribution in [2.75, 3.05) is 0 Å². The van der Waals surface area contributed by atoms with Crippen molar-refractivity contribution in [2.45, 2.75) is 84.0 Å². The molecule has 2 fully saturated rings. The number of benzene rings is 1. The summed E-state index contributed by atoms with van der Waals surface area (Å²) in [5.74, 6) is 0.915. The minimum absolute atomic E-state index is 0.00184. The van der Waals surface area contributed by atoms with Gasteiger partial charge in [0.2, 0.25) is 0 Å². The van der Waals surface area contributed by atoms with Crippen molar-refractivity contribution >= 4 is 12.6 Å². The van der Waals surface area contributed by atoms with Crippen LogP contribution in [0.15, 0.2) is 18.2 Å². The summed E-state index contributed by atoms with van der Waals surface area (Å²) in [5, 5.41) is 0. The maximum atomic E-state index is 6.33. The van der Waals surface area contributed by atoms with E-state index in [0.717, 1.165) is 24.1 Å². The summed E-state index contributed by atoms with van der Waals surface area (Å²) in [5.41, 5.74) is 1.60. The molecular weight excluding hydrogens is 287 g/mol. The van der Waals surface area contributed by atoms with Crippen LogP contribution in [0.25, 0.3) is 0 Å². The van der Waals surface area contributed by atoms with E-state index in [1.165, 1.54) is 5.56 Å². The molecule has 0 spiro atoms. The third-order valence-corrected chi connectivity index (χ3v) is 5.18.